The lowest BCUT2D eigenvalue weighted by molar-refractivity contribution is -0.207. The lowest BCUT2D eigenvalue weighted by Crippen LogP contribution is -2.37. The van der Waals surface area contributed by atoms with Crippen LogP contribution in [0.1, 0.15) is 31.6 Å². The molecule has 16 heteroatoms. The van der Waals surface area contributed by atoms with E-state index in [2.05, 4.69) is 25.4 Å². The van der Waals surface area contributed by atoms with Crippen LogP contribution in [0.3, 0.4) is 0 Å². The van der Waals surface area contributed by atoms with E-state index in [4.69, 9.17) is 16.3 Å². The second kappa shape index (κ2) is 10.7. The highest BCUT2D eigenvalue weighted by Gasteiger charge is 2.39. The normalized spacial score (nSPS) is 13.3. The zero-order valence-electron chi connectivity index (χ0n) is 19.9. The summed E-state index contributed by atoms with van der Waals surface area (Å²) < 4.78 is 47.4. The van der Waals surface area contributed by atoms with Gasteiger partial charge >= 0.3 is 17.8 Å². The molecule has 4 aromatic rings. The fourth-order valence-corrected chi connectivity index (χ4v) is 3.63. The third kappa shape index (κ3) is 5.89. The Morgan fingerprint density at radius 1 is 1.18 bits per heavy atom. The van der Waals surface area contributed by atoms with Crippen molar-refractivity contribution >= 4 is 17.6 Å². The van der Waals surface area contributed by atoms with Gasteiger partial charge in [0.15, 0.2) is 35.5 Å². The van der Waals surface area contributed by atoms with E-state index in [0.717, 1.165) is 4.68 Å². The molecule has 0 fully saturated rings. The lowest BCUT2D eigenvalue weighted by Gasteiger charge is -2.15. The molecule has 4 rings (SSSR count). The Morgan fingerprint density at radius 2 is 1.89 bits per heavy atom. The van der Waals surface area contributed by atoms with Crippen molar-refractivity contribution in [3.05, 3.63) is 69.8 Å². The average molecular weight is 553 g/mol. The van der Waals surface area contributed by atoms with E-state index in [1.807, 2.05) is 0 Å². The summed E-state index contributed by atoms with van der Waals surface area (Å²) in [4.78, 5) is 29.0. The number of alkyl halides is 3. The van der Waals surface area contributed by atoms with Gasteiger partial charge in [-0.3, -0.25) is 9.36 Å². The van der Waals surface area contributed by atoms with Crippen molar-refractivity contribution in [2.75, 3.05) is 0 Å². The summed E-state index contributed by atoms with van der Waals surface area (Å²) in [5.41, 5.74) is -0.648. The third-order valence-corrected chi connectivity index (χ3v) is 5.46. The van der Waals surface area contributed by atoms with Crippen LogP contribution in [0.2, 0.25) is 5.02 Å². The molecule has 3 heterocycles. The summed E-state index contributed by atoms with van der Waals surface area (Å²) >= 11 is 5.91. The number of carbonyl (C=O) groups is 1. The van der Waals surface area contributed by atoms with Crippen LogP contribution >= 0.6 is 11.6 Å². The molecule has 2 atom stereocenters. The minimum Gasteiger partial charge on any atom is -0.455 e. The standard InChI is InChI=1S/C22H20ClF3N8O4/c1-12(38-13(2)35)19-28-17(30-34(19)18-4-3-9-27-29-18)11-33-21(37)32(10-16(36)22(24,25)26)20(31-33)14-5-7-15(23)8-6-14/h3-9,12,16,36H,10-11H2,1-2H3/t12?,16-/m0/s1. The van der Waals surface area contributed by atoms with Crippen molar-refractivity contribution in [1.29, 1.82) is 0 Å². The second-order valence-corrected chi connectivity index (χ2v) is 8.51. The zero-order chi connectivity index (χ0) is 27.6. The monoisotopic (exact) mass is 552 g/mol. The summed E-state index contributed by atoms with van der Waals surface area (Å²) in [7, 11) is 0. The number of aromatic nitrogens is 8. The van der Waals surface area contributed by atoms with Crippen LogP contribution in [0, 0.1) is 0 Å². The van der Waals surface area contributed by atoms with E-state index in [9.17, 15) is 27.9 Å². The van der Waals surface area contributed by atoms with Gasteiger partial charge in [-0.25, -0.2) is 14.5 Å². The quantitative estimate of drug-likeness (QED) is 0.326. The molecule has 0 aliphatic rings. The van der Waals surface area contributed by atoms with E-state index < -0.39 is 36.6 Å². The number of carbonyl (C=O) groups excluding carboxylic acids is 1. The number of hydrogen-bond acceptors (Lipinski definition) is 9. The van der Waals surface area contributed by atoms with Crippen molar-refractivity contribution in [2.24, 2.45) is 0 Å². The Labute approximate surface area is 217 Å². The van der Waals surface area contributed by atoms with Crippen LogP contribution in [0.5, 0.6) is 0 Å². The van der Waals surface area contributed by atoms with Crippen LogP contribution in [0.15, 0.2) is 47.4 Å². The van der Waals surface area contributed by atoms with Gasteiger partial charge in [0.2, 0.25) is 0 Å². The SMILES string of the molecule is CC(=O)OC(C)c1nc(Cn2nc(-c3ccc(Cl)cc3)n(C[C@H](O)C(F)(F)F)c2=O)nn1-c1cccnn1. The number of ether oxygens (including phenoxy) is 1. The highest BCUT2D eigenvalue weighted by atomic mass is 35.5. The number of rotatable bonds is 8. The molecule has 38 heavy (non-hydrogen) atoms. The Kier molecular flexibility index (Phi) is 7.59. The highest BCUT2D eigenvalue weighted by molar-refractivity contribution is 6.30. The summed E-state index contributed by atoms with van der Waals surface area (Å²) in [6.45, 7) is 1.33. The van der Waals surface area contributed by atoms with Crippen LogP contribution in [0.25, 0.3) is 17.2 Å². The topological polar surface area (TPSA) is 143 Å². The zero-order valence-corrected chi connectivity index (χ0v) is 20.6. The van der Waals surface area contributed by atoms with Crippen molar-refractivity contribution in [3.63, 3.8) is 0 Å². The second-order valence-electron chi connectivity index (χ2n) is 8.07. The summed E-state index contributed by atoms with van der Waals surface area (Å²) in [6.07, 6.45) is -7.20. The van der Waals surface area contributed by atoms with Gasteiger partial charge in [0.05, 0.1) is 6.54 Å². The van der Waals surface area contributed by atoms with Gasteiger partial charge in [0.25, 0.3) is 0 Å². The molecule has 0 aliphatic heterocycles. The fraction of sp³-hybridized carbons (Fsp3) is 0.318. The average Bonchev–Trinajstić information content (AvgIpc) is 3.41. The van der Waals surface area contributed by atoms with E-state index in [0.29, 0.717) is 15.2 Å². The molecule has 0 saturated heterocycles. The minimum absolute atomic E-state index is 0.0235. The first-order valence-electron chi connectivity index (χ1n) is 11.0. The lowest BCUT2D eigenvalue weighted by atomic mass is 10.2. The predicted octanol–water partition coefficient (Wildman–Crippen LogP) is 2.33. The number of aliphatic hydroxyl groups excluding tert-OH is 1. The van der Waals surface area contributed by atoms with Gasteiger partial charge in [0, 0.05) is 23.7 Å². The van der Waals surface area contributed by atoms with Gasteiger partial charge < -0.3 is 9.84 Å². The molecule has 0 amide bonds. The maximum absolute atomic E-state index is 13.1. The molecule has 1 N–H and O–H groups in total. The van der Waals surface area contributed by atoms with Gasteiger partial charge in [0.1, 0.15) is 6.54 Å². The van der Waals surface area contributed by atoms with Crippen LogP contribution in [0.4, 0.5) is 13.2 Å². The molecular weight excluding hydrogens is 533 g/mol. The number of aliphatic hydroxyl groups is 1. The molecule has 0 saturated carbocycles. The van der Waals surface area contributed by atoms with E-state index in [-0.39, 0.29) is 29.8 Å². The molecule has 0 spiro atoms. The van der Waals surface area contributed by atoms with Crippen molar-refractivity contribution in [2.45, 2.75) is 45.3 Å². The van der Waals surface area contributed by atoms with Gasteiger partial charge in [-0.05, 0) is 43.3 Å². The Morgan fingerprint density at radius 3 is 2.50 bits per heavy atom. The smallest absolute Gasteiger partial charge is 0.416 e. The largest absolute Gasteiger partial charge is 0.455 e. The Bertz CT molecular complexity index is 1490. The number of esters is 1. The van der Waals surface area contributed by atoms with Gasteiger partial charge in [-0.2, -0.15) is 23.0 Å². The van der Waals surface area contributed by atoms with Crippen LogP contribution in [-0.2, 0) is 22.6 Å². The molecular formula is C22H20ClF3N8O4. The van der Waals surface area contributed by atoms with Gasteiger partial charge in [-0.15, -0.1) is 15.3 Å². The summed E-state index contributed by atoms with van der Waals surface area (Å²) in [6, 6.07) is 9.10. The molecule has 0 aliphatic carbocycles. The maximum atomic E-state index is 13.1. The molecule has 200 valence electrons. The first kappa shape index (κ1) is 26.9. The summed E-state index contributed by atoms with van der Waals surface area (Å²) in [5.74, 6) is -0.271. The minimum atomic E-state index is -4.96. The van der Waals surface area contributed by atoms with Crippen molar-refractivity contribution in [1.82, 2.24) is 39.3 Å². The first-order valence-corrected chi connectivity index (χ1v) is 11.4. The van der Waals surface area contributed by atoms with Crippen LogP contribution < -0.4 is 5.69 Å². The first-order chi connectivity index (χ1) is 17.9. The molecule has 3 aromatic heterocycles. The van der Waals surface area contributed by atoms with E-state index >= 15 is 0 Å². The van der Waals surface area contributed by atoms with Crippen molar-refractivity contribution < 1.29 is 27.8 Å². The Balaban J connectivity index is 1.77. The summed E-state index contributed by atoms with van der Waals surface area (Å²) in [5, 5.41) is 26.3. The molecule has 1 unspecified atom stereocenters. The van der Waals surface area contributed by atoms with Gasteiger partial charge in [-0.1, -0.05) is 11.6 Å². The highest BCUT2D eigenvalue weighted by Crippen LogP contribution is 2.24. The van der Waals surface area contributed by atoms with Crippen LogP contribution in [-0.4, -0.2) is 62.7 Å². The third-order valence-electron chi connectivity index (χ3n) is 5.21. The fourth-order valence-electron chi connectivity index (χ4n) is 3.51. The Hall–Kier alpha value is -4.11. The maximum Gasteiger partial charge on any atom is 0.416 e. The van der Waals surface area contributed by atoms with E-state index in [1.165, 1.54) is 42.1 Å². The molecule has 0 radical (unpaired) electrons. The number of benzene rings is 1. The van der Waals surface area contributed by atoms with E-state index in [1.54, 1.807) is 19.1 Å². The number of halogens is 4. The molecule has 0 bridgehead atoms. The number of hydrogen-bond donors (Lipinski definition) is 1. The van der Waals surface area contributed by atoms with Crippen molar-refractivity contribution in [3.8, 4) is 17.2 Å². The molecule has 1 aromatic carbocycles. The predicted molar refractivity (Wildman–Crippen MR) is 125 cm³/mol. The number of nitrogens with zero attached hydrogens (tertiary/aromatic N) is 8. The molecule has 12 nitrogen and oxygen atoms in total.